The van der Waals surface area contributed by atoms with E-state index in [-0.39, 0.29) is 0 Å². The van der Waals surface area contributed by atoms with Crippen LogP contribution >= 0.6 is 0 Å². The first-order valence-corrected chi connectivity index (χ1v) is 9.08. The molecule has 3 aromatic carbocycles. The summed E-state index contributed by atoms with van der Waals surface area (Å²) in [5.41, 5.74) is 3.98. The summed E-state index contributed by atoms with van der Waals surface area (Å²) < 4.78 is 5.92. The molecule has 0 bridgehead atoms. The summed E-state index contributed by atoms with van der Waals surface area (Å²) in [6.07, 6.45) is 1.86. The van der Waals surface area contributed by atoms with Crippen LogP contribution in [-0.4, -0.2) is 26.9 Å². The van der Waals surface area contributed by atoms with E-state index in [0.717, 1.165) is 28.4 Å². The van der Waals surface area contributed by atoms with E-state index in [1.807, 2.05) is 105 Å². The molecular weight excluding hydrogens is 334 g/mol. The highest BCUT2D eigenvalue weighted by molar-refractivity contribution is 5.88. The van der Waals surface area contributed by atoms with Crippen LogP contribution in [0.3, 0.4) is 0 Å². The number of hydrogen-bond donors (Lipinski definition) is 0. The second kappa shape index (κ2) is 8.90. The van der Waals surface area contributed by atoms with Gasteiger partial charge in [-0.25, -0.2) is 5.01 Å². The third kappa shape index (κ3) is 4.47. The van der Waals surface area contributed by atoms with Crippen molar-refractivity contribution in [2.24, 2.45) is 5.10 Å². The molecule has 138 valence electrons. The molecule has 0 aliphatic heterocycles. The third-order valence-corrected chi connectivity index (χ3v) is 4.11. The normalized spacial score (nSPS) is 10.8. The maximum atomic E-state index is 5.92. The number of hydrazone groups is 1. The van der Waals surface area contributed by atoms with E-state index in [9.17, 15) is 0 Å². The molecule has 0 radical (unpaired) electrons. The zero-order chi connectivity index (χ0) is 19.1. The van der Waals surface area contributed by atoms with Crippen molar-refractivity contribution in [3.05, 3.63) is 84.4 Å². The van der Waals surface area contributed by atoms with Crippen LogP contribution in [0.4, 0.5) is 17.1 Å². The number of hydrogen-bond acceptors (Lipinski definition) is 4. The lowest BCUT2D eigenvalue weighted by Gasteiger charge is -2.21. The minimum atomic E-state index is 0.604. The molecule has 0 aliphatic carbocycles. The van der Waals surface area contributed by atoms with Crippen LogP contribution in [0.25, 0.3) is 0 Å². The van der Waals surface area contributed by atoms with Crippen LogP contribution in [0, 0.1) is 0 Å². The first-order valence-electron chi connectivity index (χ1n) is 9.08. The Hall–Kier alpha value is -3.27. The molecule has 0 saturated carbocycles. The Morgan fingerprint density at radius 3 is 1.93 bits per heavy atom. The first-order chi connectivity index (χ1) is 13.2. The Morgan fingerprint density at radius 1 is 0.815 bits per heavy atom. The zero-order valence-electron chi connectivity index (χ0n) is 16.0. The lowest BCUT2D eigenvalue weighted by Crippen LogP contribution is -2.13. The third-order valence-electron chi connectivity index (χ3n) is 4.11. The Balaban J connectivity index is 2.02. The quantitative estimate of drug-likeness (QED) is 0.422. The molecule has 0 saturated heterocycles. The lowest BCUT2D eigenvalue weighted by molar-refractivity contribution is 0.340. The van der Waals surface area contributed by atoms with Gasteiger partial charge in [0.15, 0.2) is 5.75 Å². The fourth-order valence-electron chi connectivity index (χ4n) is 2.84. The summed E-state index contributed by atoms with van der Waals surface area (Å²) >= 11 is 0. The minimum Gasteiger partial charge on any atom is -0.491 e. The Kier molecular flexibility index (Phi) is 6.10. The van der Waals surface area contributed by atoms with Gasteiger partial charge in [0.2, 0.25) is 0 Å². The van der Waals surface area contributed by atoms with E-state index < -0.39 is 0 Å². The summed E-state index contributed by atoms with van der Waals surface area (Å²) in [6.45, 7) is 2.60. The summed E-state index contributed by atoms with van der Waals surface area (Å²) in [5, 5.41) is 6.72. The SMILES string of the molecule is CCOc1c(C=NN(c2ccccc2)c2ccccc2)cccc1N(C)C. The Morgan fingerprint density at radius 2 is 1.41 bits per heavy atom. The molecule has 3 rings (SSSR count). The van der Waals surface area contributed by atoms with E-state index >= 15 is 0 Å². The summed E-state index contributed by atoms with van der Waals surface area (Å²) in [4.78, 5) is 2.05. The van der Waals surface area contributed by atoms with Crippen molar-refractivity contribution in [3.63, 3.8) is 0 Å². The average molecular weight is 359 g/mol. The summed E-state index contributed by atoms with van der Waals surface area (Å²) in [7, 11) is 4.03. The van der Waals surface area contributed by atoms with Gasteiger partial charge in [0.05, 0.1) is 29.9 Å². The Labute approximate surface area is 161 Å². The van der Waals surface area contributed by atoms with E-state index in [4.69, 9.17) is 9.84 Å². The van der Waals surface area contributed by atoms with Gasteiger partial charge < -0.3 is 9.64 Å². The maximum absolute atomic E-state index is 5.92. The number of ether oxygens (including phenoxy) is 1. The van der Waals surface area contributed by atoms with E-state index in [0.29, 0.717) is 6.61 Å². The topological polar surface area (TPSA) is 28.1 Å². The van der Waals surface area contributed by atoms with Gasteiger partial charge >= 0.3 is 0 Å². The highest BCUT2D eigenvalue weighted by Crippen LogP contribution is 2.31. The molecule has 0 fully saturated rings. The number of benzene rings is 3. The second-order valence-corrected chi connectivity index (χ2v) is 6.25. The number of rotatable bonds is 7. The average Bonchev–Trinajstić information content (AvgIpc) is 2.71. The van der Waals surface area contributed by atoms with Gasteiger partial charge in [0, 0.05) is 19.7 Å². The molecule has 0 N–H and O–H groups in total. The Bertz CT molecular complexity index is 837. The molecule has 4 nitrogen and oxygen atoms in total. The molecule has 0 unspecified atom stereocenters. The number of nitrogens with zero attached hydrogens (tertiary/aromatic N) is 3. The van der Waals surface area contributed by atoms with Crippen LogP contribution in [-0.2, 0) is 0 Å². The highest BCUT2D eigenvalue weighted by Gasteiger charge is 2.11. The summed E-state index contributed by atoms with van der Waals surface area (Å²) in [5.74, 6) is 0.842. The fourth-order valence-corrected chi connectivity index (χ4v) is 2.84. The van der Waals surface area contributed by atoms with Gasteiger partial charge in [0.1, 0.15) is 0 Å². The fraction of sp³-hybridized carbons (Fsp3) is 0.174. The maximum Gasteiger partial charge on any atom is 0.151 e. The standard InChI is InChI=1S/C23H25N3O/c1-4-27-23-19(12-11-17-22(23)25(2)3)18-24-26(20-13-7-5-8-14-20)21-15-9-6-10-16-21/h5-18H,4H2,1-3H3. The first kappa shape index (κ1) is 18.5. The zero-order valence-corrected chi connectivity index (χ0v) is 16.0. The van der Waals surface area contributed by atoms with Gasteiger partial charge in [-0.05, 0) is 43.3 Å². The van der Waals surface area contributed by atoms with Crippen molar-refractivity contribution in [2.75, 3.05) is 30.6 Å². The van der Waals surface area contributed by atoms with Crippen molar-refractivity contribution < 1.29 is 4.74 Å². The monoisotopic (exact) mass is 359 g/mol. The molecule has 3 aromatic rings. The minimum absolute atomic E-state index is 0.604. The largest absolute Gasteiger partial charge is 0.491 e. The van der Waals surface area contributed by atoms with Gasteiger partial charge in [-0.15, -0.1) is 0 Å². The number of anilines is 3. The van der Waals surface area contributed by atoms with Crippen molar-refractivity contribution in [1.29, 1.82) is 0 Å². The van der Waals surface area contributed by atoms with Crippen molar-refractivity contribution >= 4 is 23.3 Å². The highest BCUT2D eigenvalue weighted by atomic mass is 16.5. The molecule has 0 amide bonds. The molecule has 0 heterocycles. The molecule has 0 atom stereocenters. The smallest absolute Gasteiger partial charge is 0.151 e. The predicted molar refractivity (Wildman–Crippen MR) is 115 cm³/mol. The van der Waals surface area contributed by atoms with Crippen LogP contribution in [0.15, 0.2) is 84.0 Å². The molecule has 0 spiro atoms. The van der Waals surface area contributed by atoms with Crippen LogP contribution in [0.1, 0.15) is 12.5 Å². The molecular formula is C23H25N3O. The van der Waals surface area contributed by atoms with E-state index in [2.05, 4.69) is 11.0 Å². The molecule has 0 aromatic heterocycles. The van der Waals surface area contributed by atoms with Crippen molar-refractivity contribution in [1.82, 2.24) is 0 Å². The molecule has 4 heteroatoms. The van der Waals surface area contributed by atoms with Gasteiger partial charge in [-0.1, -0.05) is 42.5 Å². The second-order valence-electron chi connectivity index (χ2n) is 6.25. The van der Waals surface area contributed by atoms with Crippen LogP contribution in [0.5, 0.6) is 5.75 Å². The van der Waals surface area contributed by atoms with Gasteiger partial charge in [-0.3, -0.25) is 0 Å². The molecule has 0 aliphatic rings. The van der Waals surface area contributed by atoms with Gasteiger partial charge in [0.25, 0.3) is 0 Å². The molecule has 27 heavy (non-hydrogen) atoms. The predicted octanol–water partition coefficient (Wildman–Crippen LogP) is 5.32. The summed E-state index contributed by atoms with van der Waals surface area (Å²) in [6, 6.07) is 26.3. The van der Waals surface area contributed by atoms with Crippen molar-refractivity contribution in [2.45, 2.75) is 6.92 Å². The van der Waals surface area contributed by atoms with E-state index in [1.54, 1.807) is 0 Å². The van der Waals surface area contributed by atoms with Gasteiger partial charge in [-0.2, -0.15) is 5.10 Å². The van der Waals surface area contributed by atoms with E-state index in [1.165, 1.54) is 0 Å². The van der Waals surface area contributed by atoms with Crippen LogP contribution < -0.4 is 14.6 Å². The lowest BCUT2D eigenvalue weighted by atomic mass is 10.1. The van der Waals surface area contributed by atoms with Crippen LogP contribution in [0.2, 0.25) is 0 Å². The number of para-hydroxylation sites is 3. The van der Waals surface area contributed by atoms with Crippen molar-refractivity contribution in [3.8, 4) is 5.75 Å².